The van der Waals surface area contributed by atoms with Gasteiger partial charge >= 0.3 is 0 Å². The van der Waals surface area contributed by atoms with E-state index < -0.39 is 10.0 Å². The van der Waals surface area contributed by atoms with E-state index in [0.29, 0.717) is 5.69 Å². The summed E-state index contributed by atoms with van der Waals surface area (Å²) in [6.45, 7) is 3.66. The Morgan fingerprint density at radius 2 is 1.74 bits per heavy atom. The van der Waals surface area contributed by atoms with Crippen molar-refractivity contribution in [3.63, 3.8) is 0 Å². The minimum absolute atomic E-state index is 0.516. The van der Waals surface area contributed by atoms with Gasteiger partial charge in [0.05, 0.1) is 23.9 Å². The number of ether oxygens (including phenoxy) is 1. The van der Waals surface area contributed by atoms with Crippen LogP contribution in [0.2, 0.25) is 0 Å². The van der Waals surface area contributed by atoms with Crippen LogP contribution in [-0.2, 0) is 10.0 Å². The molecule has 2 aromatic rings. The van der Waals surface area contributed by atoms with E-state index >= 15 is 0 Å². The molecule has 1 fully saturated rings. The molecule has 7 heteroatoms. The van der Waals surface area contributed by atoms with Gasteiger partial charge in [-0.05, 0) is 36.9 Å². The first-order valence-electron chi connectivity index (χ1n) is 8.84. The zero-order valence-corrected chi connectivity index (χ0v) is 16.4. The van der Waals surface area contributed by atoms with E-state index in [0.717, 1.165) is 43.2 Å². The number of anilines is 2. The van der Waals surface area contributed by atoms with E-state index in [9.17, 15) is 8.42 Å². The van der Waals surface area contributed by atoms with Crippen LogP contribution in [-0.4, -0.2) is 53.7 Å². The minimum Gasteiger partial charge on any atom is -0.495 e. The molecular formula is C20H25N3O3S. The number of rotatable bonds is 6. The first kappa shape index (κ1) is 19.3. The van der Waals surface area contributed by atoms with Crippen LogP contribution in [0.5, 0.6) is 5.75 Å². The SMILES string of the molecule is COc1ccc(NS(=O)(=O)/C=C/c2ccccc2)cc1N1CCN(C)CC1. The maximum absolute atomic E-state index is 12.4. The number of nitrogens with zero attached hydrogens (tertiary/aromatic N) is 2. The van der Waals surface area contributed by atoms with Crippen LogP contribution in [0.15, 0.2) is 53.9 Å². The Bertz CT molecular complexity index is 890. The van der Waals surface area contributed by atoms with E-state index in [1.165, 1.54) is 5.41 Å². The van der Waals surface area contributed by atoms with Crippen molar-refractivity contribution < 1.29 is 13.2 Å². The summed E-state index contributed by atoms with van der Waals surface area (Å²) in [6, 6.07) is 14.7. The molecule has 1 heterocycles. The van der Waals surface area contributed by atoms with Crippen molar-refractivity contribution in [2.75, 3.05) is 50.0 Å². The van der Waals surface area contributed by atoms with E-state index in [-0.39, 0.29) is 0 Å². The van der Waals surface area contributed by atoms with Gasteiger partial charge in [0.25, 0.3) is 10.0 Å². The van der Waals surface area contributed by atoms with E-state index in [2.05, 4.69) is 21.6 Å². The van der Waals surface area contributed by atoms with Gasteiger partial charge in [0.1, 0.15) is 5.75 Å². The number of sulfonamides is 1. The Kier molecular flexibility index (Phi) is 6.03. The van der Waals surface area contributed by atoms with E-state index in [1.54, 1.807) is 25.3 Å². The lowest BCUT2D eigenvalue weighted by molar-refractivity contribution is 0.311. The normalized spacial score (nSPS) is 15.9. The highest BCUT2D eigenvalue weighted by Crippen LogP contribution is 2.32. The number of likely N-dealkylation sites (N-methyl/N-ethyl adjacent to an activating group) is 1. The third-order valence-electron chi connectivity index (χ3n) is 4.52. The summed E-state index contributed by atoms with van der Waals surface area (Å²) >= 11 is 0. The highest BCUT2D eigenvalue weighted by Gasteiger charge is 2.18. The Labute approximate surface area is 161 Å². The molecule has 1 saturated heterocycles. The van der Waals surface area contributed by atoms with Crippen LogP contribution in [0.25, 0.3) is 6.08 Å². The molecule has 0 bridgehead atoms. The highest BCUT2D eigenvalue weighted by molar-refractivity contribution is 7.95. The lowest BCUT2D eigenvalue weighted by atomic mass is 10.2. The Morgan fingerprint density at radius 1 is 1.04 bits per heavy atom. The van der Waals surface area contributed by atoms with Crippen LogP contribution in [0.3, 0.4) is 0 Å². The number of hydrogen-bond donors (Lipinski definition) is 1. The van der Waals surface area contributed by atoms with Gasteiger partial charge in [-0.3, -0.25) is 4.72 Å². The Morgan fingerprint density at radius 3 is 2.41 bits per heavy atom. The van der Waals surface area contributed by atoms with Crippen LogP contribution in [0, 0.1) is 0 Å². The largest absolute Gasteiger partial charge is 0.495 e. The molecule has 1 N–H and O–H groups in total. The Balaban J connectivity index is 1.78. The topological polar surface area (TPSA) is 61.9 Å². The van der Waals surface area contributed by atoms with Gasteiger partial charge < -0.3 is 14.5 Å². The maximum Gasteiger partial charge on any atom is 0.255 e. The summed E-state index contributed by atoms with van der Waals surface area (Å²) in [7, 11) is 0.115. The number of hydrogen-bond acceptors (Lipinski definition) is 5. The summed E-state index contributed by atoms with van der Waals surface area (Å²) in [5.74, 6) is 0.738. The first-order valence-corrected chi connectivity index (χ1v) is 10.4. The molecule has 1 aliphatic heterocycles. The second-order valence-electron chi connectivity index (χ2n) is 6.54. The third kappa shape index (κ3) is 5.24. The molecule has 0 atom stereocenters. The van der Waals surface area contributed by atoms with Crippen molar-refractivity contribution in [1.82, 2.24) is 4.90 Å². The zero-order valence-electron chi connectivity index (χ0n) is 15.6. The molecule has 0 spiro atoms. The van der Waals surface area contributed by atoms with Crippen LogP contribution in [0.1, 0.15) is 5.56 Å². The monoisotopic (exact) mass is 387 g/mol. The number of methoxy groups -OCH3 is 1. The van der Waals surface area contributed by atoms with E-state index in [1.807, 2.05) is 36.4 Å². The zero-order chi connectivity index (χ0) is 19.3. The van der Waals surface area contributed by atoms with Crippen LogP contribution in [0.4, 0.5) is 11.4 Å². The standard InChI is InChI=1S/C20H25N3O3S/c1-22-11-13-23(14-12-22)19-16-18(8-9-20(19)26-2)21-27(24,25)15-10-17-6-4-3-5-7-17/h3-10,15-16,21H,11-14H2,1-2H3/b15-10+. The van der Waals surface area contributed by atoms with Gasteiger partial charge in [-0.15, -0.1) is 0 Å². The fraction of sp³-hybridized carbons (Fsp3) is 0.300. The molecule has 0 radical (unpaired) electrons. The average molecular weight is 388 g/mol. The summed E-state index contributed by atoms with van der Waals surface area (Å²) in [5.41, 5.74) is 2.25. The van der Waals surface area contributed by atoms with Gasteiger partial charge in [-0.25, -0.2) is 8.42 Å². The number of nitrogens with one attached hydrogen (secondary N) is 1. The molecular weight excluding hydrogens is 362 g/mol. The second-order valence-corrected chi connectivity index (χ2v) is 8.10. The molecule has 27 heavy (non-hydrogen) atoms. The highest BCUT2D eigenvalue weighted by atomic mass is 32.2. The van der Waals surface area contributed by atoms with E-state index in [4.69, 9.17) is 4.74 Å². The quantitative estimate of drug-likeness (QED) is 0.826. The molecule has 0 aromatic heterocycles. The molecule has 0 saturated carbocycles. The number of benzene rings is 2. The predicted octanol–water partition coefficient (Wildman–Crippen LogP) is 2.86. The lowest BCUT2D eigenvalue weighted by Crippen LogP contribution is -2.44. The van der Waals surface area contributed by atoms with Gasteiger partial charge in [0.2, 0.25) is 0 Å². The van der Waals surface area contributed by atoms with Gasteiger partial charge in [-0.2, -0.15) is 0 Å². The summed E-state index contributed by atoms with van der Waals surface area (Å²) in [5, 5.41) is 1.18. The third-order valence-corrected chi connectivity index (χ3v) is 5.54. The predicted molar refractivity (Wildman–Crippen MR) is 111 cm³/mol. The van der Waals surface area contributed by atoms with Gasteiger partial charge in [-0.1, -0.05) is 30.3 Å². The van der Waals surface area contributed by atoms with Crippen molar-refractivity contribution in [3.05, 3.63) is 59.5 Å². The van der Waals surface area contributed by atoms with Crippen molar-refractivity contribution in [3.8, 4) is 5.75 Å². The minimum atomic E-state index is -3.61. The summed E-state index contributed by atoms with van der Waals surface area (Å²) in [4.78, 5) is 4.49. The van der Waals surface area contributed by atoms with Crippen molar-refractivity contribution in [1.29, 1.82) is 0 Å². The first-order chi connectivity index (χ1) is 13.0. The fourth-order valence-corrected chi connectivity index (χ4v) is 3.84. The molecule has 0 unspecified atom stereocenters. The summed E-state index contributed by atoms with van der Waals surface area (Å²) in [6.07, 6.45) is 1.58. The lowest BCUT2D eigenvalue weighted by Gasteiger charge is -2.34. The molecule has 3 rings (SSSR count). The molecule has 6 nitrogen and oxygen atoms in total. The Hall–Kier alpha value is -2.51. The maximum atomic E-state index is 12.4. The van der Waals surface area contributed by atoms with Crippen molar-refractivity contribution >= 4 is 27.5 Å². The molecule has 2 aromatic carbocycles. The van der Waals surface area contributed by atoms with Crippen LogP contribution < -0.4 is 14.4 Å². The van der Waals surface area contributed by atoms with Crippen molar-refractivity contribution in [2.45, 2.75) is 0 Å². The smallest absolute Gasteiger partial charge is 0.255 e. The average Bonchev–Trinajstić information content (AvgIpc) is 2.68. The van der Waals surface area contributed by atoms with Crippen molar-refractivity contribution in [2.24, 2.45) is 0 Å². The van der Waals surface area contributed by atoms with Crippen LogP contribution >= 0.6 is 0 Å². The molecule has 144 valence electrons. The number of piperazine rings is 1. The molecule has 0 amide bonds. The second kappa shape index (κ2) is 8.45. The summed E-state index contributed by atoms with van der Waals surface area (Å²) < 4.78 is 32.9. The van der Waals surface area contributed by atoms with Gasteiger partial charge in [0, 0.05) is 26.2 Å². The fourth-order valence-electron chi connectivity index (χ4n) is 2.98. The molecule has 1 aliphatic rings. The molecule has 0 aliphatic carbocycles. The van der Waals surface area contributed by atoms with Gasteiger partial charge in [0.15, 0.2) is 0 Å².